The summed E-state index contributed by atoms with van der Waals surface area (Å²) in [6.45, 7) is 2.95. The molecule has 2 rings (SSSR count). The van der Waals surface area contributed by atoms with Gasteiger partial charge in [-0.2, -0.15) is 0 Å². The SMILES string of the molecule is CC(=O)c1sc(NS(=O)(=O)c2ccc(Cl)c(C(=O)O)c2)nc1C. The summed E-state index contributed by atoms with van der Waals surface area (Å²) >= 11 is 6.63. The summed E-state index contributed by atoms with van der Waals surface area (Å²) in [6, 6.07) is 3.33. The van der Waals surface area contributed by atoms with Gasteiger partial charge in [0.2, 0.25) is 0 Å². The molecule has 0 unspecified atom stereocenters. The first-order chi connectivity index (χ1) is 10.6. The topological polar surface area (TPSA) is 113 Å². The molecular formula is C13H11ClN2O5S2. The van der Waals surface area contributed by atoms with Crippen molar-refractivity contribution in [1.29, 1.82) is 0 Å². The van der Waals surface area contributed by atoms with Crippen molar-refractivity contribution >= 4 is 49.8 Å². The maximum atomic E-state index is 12.3. The van der Waals surface area contributed by atoms with Crippen LogP contribution in [0.15, 0.2) is 23.1 Å². The fourth-order valence-electron chi connectivity index (χ4n) is 1.78. The number of carboxylic acid groups (broad SMARTS) is 1. The van der Waals surface area contributed by atoms with Crippen LogP contribution in [0.25, 0.3) is 0 Å². The molecule has 2 N–H and O–H groups in total. The zero-order valence-electron chi connectivity index (χ0n) is 12.0. The van der Waals surface area contributed by atoms with Gasteiger partial charge in [-0.25, -0.2) is 18.2 Å². The Morgan fingerprint density at radius 3 is 2.52 bits per heavy atom. The van der Waals surface area contributed by atoms with Gasteiger partial charge in [-0.15, -0.1) is 0 Å². The van der Waals surface area contributed by atoms with Crippen LogP contribution >= 0.6 is 22.9 Å². The van der Waals surface area contributed by atoms with Crippen molar-refractivity contribution in [2.24, 2.45) is 0 Å². The second kappa shape index (κ2) is 6.26. The Morgan fingerprint density at radius 1 is 1.35 bits per heavy atom. The summed E-state index contributed by atoms with van der Waals surface area (Å²) in [5, 5.41) is 8.96. The Bertz CT molecular complexity index is 905. The van der Waals surface area contributed by atoms with Gasteiger partial charge in [0.1, 0.15) is 0 Å². The van der Waals surface area contributed by atoms with E-state index in [4.69, 9.17) is 16.7 Å². The van der Waals surface area contributed by atoms with Gasteiger partial charge < -0.3 is 5.11 Å². The van der Waals surface area contributed by atoms with Crippen LogP contribution < -0.4 is 4.72 Å². The molecule has 0 aliphatic rings. The van der Waals surface area contributed by atoms with Gasteiger partial charge in [0, 0.05) is 6.92 Å². The summed E-state index contributed by atoms with van der Waals surface area (Å²) in [5.74, 6) is -1.55. The predicted molar refractivity (Wildman–Crippen MR) is 86.1 cm³/mol. The average Bonchev–Trinajstić information content (AvgIpc) is 2.78. The highest BCUT2D eigenvalue weighted by atomic mass is 35.5. The van der Waals surface area contributed by atoms with Crippen molar-refractivity contribution in [3.05, 3.63) is 39.4 Å². The van der Waals surface area contributed by atoms with Crippen molar-refractivity contribution in [1.82, 2.24) is 4.98 Å². The lowest BCUT2D eigenvalue weighted by atomic mass is 10.2. The van der Waals surface area contributed by atoms with Crippen molar-refractivity contribution in [3.63, 3.8) is 0 Å². The number of anilines is 1. The number of Topliss-reactive ketones (excluding diaryl/α,β-unsaturated/α-hetero) is 1. The molecule has 0 aliphatic heterocycles. The zero-order valence-corrected chi connectivity index (χ0v) is 14.3. The normalized spacial score (nSPS) is 11.3. The first-order valence-corrected chi connectivity index (χ1v) is 8.83. The highest BCUT2D eigenvalue weighted by molar-refractivity contribution is 7.93. The largest absolute Gasteiger partial charge is 0.478 e. The Hall–Kier alpha value is -1.97. The lowest BCUT2D eigenvalue weighted by Gasteiger charge is -2.07. The van der Waals surface area contributed by atoms with Crippen LogP contribution in [0, 0.1) is 6.92 Å². The number of thiazole rings is 1. The second-order valence-electron chi connectivity index (χ2n) is 4.54. The molecule has 122 valence electrons. The highest BCUT2D eigenvalue weighted by Crippen LogP contribution is 2.27. The molecule has 1 heterocycles. The zero-order chi connectivity index (χ0) is 17.4. The molecule has 1 aromatic heterocycles. The van der Waals surface area contributed by atoms with E-state index in [9.17, 15) is 18.0 Å². The second-order valence-corrected chi connectivity index (χ2v) is 7.63. The summed E-state index contributed by atoms with van der Waals surface area (Å²) < 4.78 is 26.9. The van der Waals surface area contributed by atoms with Gasteiger partial charge in [-0.05, 0) is 25.1 Å². The molecule has 23 heavy (non-hydrogen) atoms. The number of hydrogen-bond donors (Lipinski definition) is 2. The van der Waals surface area contributed by atoms with Gasteiger partial charge in [-0.1, -0.05) is 22.9 Å². The lowest BCUT2D eigenvalue weighted by Crippen LogP contribution is -2.13. The number of hydrogen-bond acceptors (Lipinski definition) is 6. The number of halogens is 1. The first-order valence-electron chi connectivity index (χ1n) is 6.16. The van der Waals surface area contributed by atoms with Crippen molar-refractivity contribution in [3.8, 4) is 0 Å². The standard InChI is InChI=1S/C13H11ClN2O5S2/c1-6-11(7(2)17)22-13(15-6)16-23(20,21)8-3-4-10(14)9(5-8)12(18)19/h3-5H,1-2H3,(H,15,16)(H,18,19). The van der Waals surface area contributed by atoms with E-state index >= 15 is 0 Å². The minimum Gasteiger partial charge on any atom is -0.478 e. The van der Waals surface area contributed by atoms with Crippen molar-refractivity contribution in [2.45, 2.75) is 18.7 Å². The van der Waals surface area contributed by atoms with Crippen LogP contribution in [0.3, 0.4) is 0 Å². The fraction of sp³-hybridized carbons (Fsp3) is 0.154. The molecule has 0 atom stereocenters. The van der Waals surface area contributed by atoms with Crippen LogP contribution in [0.2, 0.25) is 5.02 Å². The third kappa shape index (κ3) is 3.69. The monoisotopic (exact) mass is 374 g/mol. The fourth-order valence-corrected chi connectivity index (χ4v) is 4.10. The average molecular weight is 375 g/mol. The van der Waals surface area contributed by atoms with Crippen LogP contribution in [0.5, 0.6) is 0 Å². The van der Waals surface area contributed by atoms with Gasteiger partial charge >= 0.3 is 5.97 Å². The number of benzene rings is 1. The molecule has 10 heteroatoms. The van der Waals surface area contributed by atoms with Gasteiger partial charge in [0.15, 0.2) is 10.9 Å². The molecule has 0 fully saturated rings. The third-order valence-electron chi connectivity index (χ3n) is 2.82. The van der Waals surface area contributed by atoms with E-state index in [0.29, 0.717) is 10.6 Å². The van der Waals surface area contributed by atoms with E-state index in [1.807, 2.05) is 0 Å². The summed E-state index contributed by atoms with van der Waals surface area (Å²) in [4.78, 5) is 26.5. The molecule has 0 saturated carbocycles. The maximum absolute atomic E-state index is 12.3. The van der Waals surface area contributed by atoms with E-state index in [2.05, 4.69) is 9.71 Å². The van der Waals surface area contributed by atoms with Crippen LogP contribution in [0.4, 0.5) is 5.13 Å². The minimum absolute atomic E-state index is 0.0273. The summed E-state index contributed by atoms with van der Waals surface area (Å²) in [7, 11) is -4.05. The maximum Gasteiger partial charge on any atom is 0.337 e. The van der Waals surface area contributed by atoms with E-state index < -0.39 is 16.0 Å². The molecule has 7 nitrogen and oxygen atoms in total. The number of aryl methyl sites for hydroxylation is 1. The Kier molecular flexibility index (Phi) is 4.73. The van der Waals surface area contributed by atoms with Gasteiger partial charge in [-0.3, -0.25) is 9.52 Å². The van der Waals surface area contributed by atoms with Crippen molar-refractivity contribution < 1.29 is 23.1 Å². The van der Waals surface area contributed by atoms with E-state index in [1.165, 1.54) is 19.1 Å². The molecule has 0 amide bonds. The molecule has 0 spiro atoms. The lowest BCUT2D eigenvalue weighted by molar-refractivity contribution is 0.0696. The number of aromatic carboxylic acids is 1. The highest BCUT2D eigenvalue weighted by Gasteiger charge is 2.21. The smallest absolute Gasteiger partial charge is 0.337 e. The molecule has 0 saturated heterocycles. The van der Waals surface area contributed by atoms with Gasteiger partial charge in [0.05, 0.1) is 26.1 Å². The van der Waals surface area contributed by atoms with E-state index in [0.717, 1.165) is 17.4 Å². The number of carbonyl (C=O) groups is 2. The number of nitrogens with one attached hydrogen (secondary N) is 1. The number of aromatic nitrogens is 1. The van der Waals surface area contributed by atoms with E-state index in [-0.39, 0.29) is 26.4 Å². The number of carbonyl (C=O) groups excluding carboxylic acids is 1. The Balaban J connectivity index is 2.40. The van der Waals surface area contributed by atoms with E-state index in [1.54, 1.807) is 6.92 Å². The number of ketones is 1. The predicted octanol–water partition coefficient (Wildman–Crippen LogP) is 2.81. The Labute approximate surface area is 141 Å². The number of carboxylic acids is 1. The number of sulfonamides is 1. The van der Waals surface area contributed by atoms with Crippen molar-refractivity contribution in [2.75, 3.05) is 4.72 Å². The third-order valence-corrected chi connectivity index (χ3v) is 5.79. The van der Waals surface area contributed by atoms with Crippen LogP contribution in [0.1, 0.15) is 32.6 Å². The molecule has 1 aromatic carbocycles. The van der Waals surface area contributed by atoms with Crippen LogP contribution in [-0.4, -0.2) is 30.3 Å². The summed E-state index contributed by atoms with van der Waals surface area (Å²) in [5.41, 5.74) is 0.0943. The quantitative estimate of drug-likeness (QED) is 0.778. The van der Waals surface area contributed by atoms with Gasteiger partial charge in [0.25, 0.3) is 10.0 Å². The number of rotatable bonds is 5. The molecule has 2 aromatic rings. The molecule has 0 radical (unpaired) electrons. The Morgan fingerprint density at radius 2 is 2.00 bits per heavy atom. The first kappa shape index (κ1) is 17.4. The van der Waals surface area contributed by atoms with Crippen LogP contribution in [-0.2, 0) is 10.0 Å². The minimum atomic E-state index is -4.05. The number of nitrogens with zero attached hydrogens (tertiary/aromatic N) is 1. The molecule has 0 bridgehead atoms. The summed E-state index contributed by atoms with van der Waals surface area (Å²) in [6.07, 6.45) is 0. The molecular weight excluding hydrogens is 364 g/mol. The molecule has 0 aliphatic carbocycles.